The maximum Gasteiger partial charge on any atom is 0.222 e. The summed E-state index contributed by atoms with van der Waals surface area (Å²) in [6.07, 6.45) is 8.20. The molecular weight excluding hydrogens is 374 g/mol. The molecule has 0 atom stereocenters. The zero-order valence-corrected chi connectivity index (χ0v) is 17.3. The van der Waals surface area contributed by atoms with E-state index in [1.165, 1.54) is 32.1 Å². The second-order valence-corrected chi connectivity index (χ2v) is 8.28. The summed E-state index contributed by atoms with van der Waals surface area (Å²) in [5, 5.41) is 8.03. The van der Waals surface area contributed by atoms with Crippen molar-refractivity contribution in [1.29, 1.82) is 0 Å². The lowest BCUT2D eigenvalue weighted by molar-refractivity contribution is 0.462. The van der Waals surface area contributed by atoms with Crippen LogP contribution < -0.4 is 21.3 Å². The van der Waals surface area contributed by atoms with Gasteiger partial charge in [0.15, 0.2) is 0 Å². The molecule has 1 saturated heterocycles. The van der Waals surface area contributed by atoms with Crippen LogP contribution in [0.4, 0.5) is 17.6 Å². The van der Waals surface area contributed by atoms with Crippen molar-refractivity contribution in [2.75, 3.05) is 42.1 Å². The highest BCUT2D eigenvalue weighted by Crippen LogP contribution is 2.30. The Labute approximate surface area is 177 Å². The smallest absolute Gasteiger partial charge is 0.222 e. The summed E-state index contributed by atoms with van der Waals surface area (Å²) in [6, 6.07) is 11.0. The van der Waals surface area contributed by atoms with Crippen molar-refractivity contribution in [3.8, 4) is 11.1 Å². The van der Waals surface area contributed by atoms with Gasteiger partial charge in [-0.2, -0.15) is 4.98 Å². The maximum absolute atomic E-state index is 5.99. The third-order valence-electron chi connectivity index (χ3n) is 6.18. The summed E-state index contributed by atoms with van der Waals surface area (Å²) in [6.45, 7) is 4.01. The molecule has 0 radical (unpaired) electrons. The van der Waals surface area contributed by atoms with Crippen LogP contribution in [0.1, 0.15) is 32.1 Å². The Bertz CT molecular complexity index is 1010. The fourth-order valence-corrected chi connectivity index (χ4v) is 4.51. The van der Waals surface area contributed by atoms with Crippen LogP contribution in [0.5, 0.6) is 0 Å². The minimum absolute atomic E-state index is 0.315. The molecule has 2 fully saturated rings. The number of fused-ring (bicyclic) bond motifs is 1. The molecule has 7 nitrogen and oxygen atoms in total. The van der Waals surface area contributed by atoms with Gasteiger partial charge in [-0.1, -0.05) is 25.3 Å². The van der Waals surface area contributed by atoms with Crippen LogP contribution >= 0.6 is 0 Å². The van der Waals surface area contributed by atoms with Gasteiger partial charge < -0.3 is 21.3 Å². The van der Waals surface area contributed by atoms with Crippen molar-refractivity contribution in [1.82, 2.24) is 20.3 Å². The van der Waals surface area contributed by atoms with E-state index in [1.807, 2.05) is 12.3 Å². The number of nitrogens with one attached hydrogen (secondary N) is 2. The summed E-state index contributed by atoms with van der Waals surface area (Å²) in [7, 11) is 0. The number of nitrogens with two attached hydrogens (primary N) is 1. The Morgan fingerprint density at radius 3 is 2.53 bits per heavy atom. The number of anilines is 3. The lowest BCUT2D eigenvalue weighted by Gasteiger charge is -2.28. The number of nitrogen functional groups attached to an aromatic ring is 1. The largest absolute Gasteiger partial charge is 0.368 e. The number of hydrogen-bond acceptors (Lipinski definition) is 7. The van der Waals surface area contributed by atoms with Gasteiger partial charge in [0.2, 0.25) is 5.95 Å². The Hall–Kier alpha value is -2.93. The zero-order chi connectivity index (χ0) is 20.3. The van der Waals surface area contributed by atoms with Gasteiger partial charge in [-0.3, -0.25) is 0 Å². The zero-order valence-electron chi connectivity index (χ0n) is 17.3. The molecule has 1 aromatic carbocycles. The SMILES string of the molecule is Nc1nc(NC2CCCCC2)c2cc(-c3ccc(N4CCNCC4)nc3)ccc2n1. The van der Waals surface area contributed by atoms with Crippen LogP contribution in [0.15, 0.2) is 36.5 Å². The van der Waals surface area contributed by atoms with E-state index in [2.05, 4.69) is 49.8 Å². The molecule has 0 bridgehead atoms. The highest BCUT2D eigenvalue weighted by atomic mass is 15.2. The summed E-state index contributed by atoms with van der Waals surface area (Å²) >= 11 is 0. The average Bonchev–Trinajstić information content (AvgIpc) is 2.80. The molecule has 4 N–H and O–H groups in total. The van der Waals surface area contributed by atoms with Gasteiger partial charge in [0.25, 0.3) is 0 Å². The monoisotopic (exact) mass is 403 g/mol. The Morgan fingerprint density at radius 2 is 1.77 bits per heavy atom. The molecular formula is C23H29N7. The molecule has 1 aliphatic carbocycles. The van der Waals surface area contributed by atoms with Crippen molar-refractivity contribution >= 4 is 28.5 Å². The topological polar surface area (TPSA) is 92.0 Å². The van der Waals surface area contributed by atoms with Crippen molar-refractivity contribution in [3.63, 3.8) is 0 Å². The molecule has 5 rings (SSSR count). The first-order chi connectivity index (χ1) is 14.8. The Balaban J connectivity index is 1.44. The molecule has 1 saturated carbocycles. The third-order valence-corrected chi connectivity index (χ3v) is 6.18. The Morgan fingerprint density at radius 1 is 0.967 bits per heavy atom. The summed E-state index contributed by atoms with van der Waals surface area (Å²) < 4.78 is 0. The molecule has 0 unspecified atom stereocenters. The van der Waals surface area contributed by atoms with E-state index in [-0.39, 0.29) is 0 Å². The number of aromatic nitrogens is 3. The van der Waals surface area contributed by atoms with Crippen LogP contribution in [0.3, 0.4) is 0 Å². The van der Waals surface area contributed by atoms with Gasteiger partial charge in [-0.15, -0.1) is 0 Å². The van der Waals surface area contributed by atoms with Crippen molar-refractivity contribution < 1.29 is 0 Å². The van der Waals surface area contributed by atoms with Crippen molar-refractivity contribution in [2.24, 2.45) is 0 Å². The van der Waals surface area contributed by atoms with Crippen LogP contribution in [0, 0.1) is 0 Å². The fraction of sp³-hybridized carbons (Fsp3) is 0.435. The number of nitrogens with zero attached hydrogens (tertiary/aromatic N) is 4. The molecule has 0 spiro atoms. The standard InChI is InChI=1S/C23H29N7/c24-23-28-20-8-6-16(14-19(20)22(29-23)27-18-4-2-1-3-5-18)17-7-9-21(26-15-17)30-12-10-25-11-13-30/h6-9,14-15,18,25H,1-5,10-13H2,(H3,24,27,28,29). The van der Waals surface area contributed by atoms with Crippen molar-refractivity contribution in [3.05, 3.63) is 36.5 Å². The number of piperazine rings is 1. The van der Waals surface area contributed by atoms with Gasteiger partial charge in [0.05, 0.1) is 5.52 Å². The first kappa shape index (κ1) is 19.1. The highest BCUT2D eigenvalue weighted by molar-refractivity contribution is 5.93. The molecule has 0 amide bonds. The molecule has 156 valence electrons. The minimum atomic E-state index is 0.315. The molecule has 2 aromatic heterocycles. The third kappa shape index (κ3) is 4.03. The van der Waals surface area contributed by atoms with E-state index >= 15 is 0 Å². The van der Waals surface area contributed by atoms with Crippen molar-refractivity contribution in [2.45, 2.75) is 38.1 Å². The number of benzene rings is 1. The predicted molar refractivity (Wildman–Crippen MR) is 123 cm³/mol. The summed E-state index contributed by atoms with van der Waals surface area (Å²) in [4.78, 5) is 16.0. The lowest BCUT2D eigenvalue weighted by Crippen LogP contribution is -2.43. The van der Waals surface area contributed by atoms with Gasteiger partial charge >= 0.3 is 0 Å². The van der Waals surface area contributed by atoms with Crippen LogP contribution in [-0.4, -0.2) is 47.2 Å². The maximum atomic E-state index is 5.99. The first-order valence-electron chi connectivity index (χ1n) is 11.0. The van der Waals surface area contributed by atoms with E-state index in [0.29, 0.717) is 12.0 Å². The summed E-state index contributed by atoms with van der Waals surface area (Å²) in [5.74, 6) is 2.20. The molecule has 30 heavy (non-hydrogen) atoms. The fourth-order valence-electron chi connectivity index (χ4n) is 4.51. The summed E-state index contributed by atoms with van der Waals surface area (Å²) in [5.41, 5.74) is 9.06. The first-order valence-corrected chi connectivity index (χ1v) is 11.0. The van der Waals surface area contributed by atoms with Gasteiger partial charge in [0.1, 0.15) is 11.6 Å². The predicted octanol–water partition coefficient (Wildman–Crippen LogP) is 3.43. The number of pyridine rings is 1. The lowest BCUT2D eigenvalue weighted by atomic mass is 9.95. The van der Waals surface area contributed by atoms with Gasteiger partial charge in [0, 0.05) is 49.4 Å². The normalized spacial score (nSPS) is 17.9. The van der Waals surface area contributed by atoms with E-state index in [0.717, 1.165) is 59.8 Å². The van der Waals surface area contributed by atoms with E-state index in [4.69, 9.17) is 10.7 Å². The van der Waals surface area contributed by atoms with Gasteiger partial charge in [-0.05, 0) is 42.7 Å². The molecule has 7 heteroatoms. The van der Waals surface area contributed by atoms with E-state index in [9.17, 15) is 0 Å². The molecule has 3 aromatic rings. The molecule has 2 aliphatic rings. The second-order valence-electron chi connectivity index (χ2n) is 8.28. The molecule has 3 heterocycles. The van der Waals surface area contributed by atoms with E-state index < -0.39 is 0 Å². The average molecular weight is 404 g/mol. The minimum Gasteiger partial charge on any atom is -0.368 e. The van der Waals surface area contributed by atoms with Crippen LogP contribution in [-0.2, 0) is 0 Å². The number of hydrogen-bond donors (Lipinski definition) is 3. The quantitative estimate of drug-likeness (QED) is 0.615. The highest BCUT2D eigenvalue weighted by Gasteiger charge is 2.17. The van der Waals surface area contributed by atoms with Crippen LogP contribution in [0.2, 0.25) is 0 Å². The van der Waals surface area contributed by atoms with Gasteiger partial charge in [-0.25, -0.2) is 9.97 Å². The Kier molecular flexibility index (Phi) is 5.36. The second kappa shape index (κ2) is 8.44. The van der Waals surface area contributed by atoms with Crippen LogP contribution in [0.25, 0.3) is 22.0 Å². The van der Waals surface area contributed by atoms with E-state index in [1.54, 1.807) is 0 Å². The molecule has 1 aliphatic heterocycles. The number of rotatable bonds is 4.